The Bertz CT molecular complexity index is 405. The van der Waals surface area contributed by atoms with Crippen LogP contribution in [0.1, 0.15) is 31.4 Å². The summed E-state index contributed by atoms with van der Waals surface area (Å²) in [6.07, 6.45) is 2.44. The number of hydrogen-bond donors (Lipinski definition) is 1. The Balaban J connectivity index is 2.32. The van der Waals surface area contributed by atoms with Gasteiger partial charge in [-0.15, -0.1) is 0 Å². The molecule has 1 fully saturated rings. The van der Waals surface area contributed by atoms with Crippen molar-refractivity contribution in [3.63, 3.8) is 0 Å². The van der Waals surface area contributed by atoms with Crippen LogP contribution in [0.3, 0.4) is 0 Å². The molecule has 1 saturated heterocycles. The summed E-state index contributed by atoms with van der Waals surface area (Å²) in [5.41, 5.74) is 1.07. The minimum Gasteiger partial charge on any atom is -0.396 e. The van der Waals surface area contributed by atoms with Crippen molar-refractivity contribution < 1.29 is 5.11 Å². The fraction of sp³-hybridized carbons (Fsp3) is 0.571. The smallest absolute Gasteiger partial charge is 0.0474 e. The quantitative estimate of drug-likeness (QED) is 0.912. The fourth-order valence-electron chi connectivity index (χ4n) is 2.72. The molecule has 1 aromatic carbocycles. The first kappa shape index (κ1) is 14.1. The van der Waals surface area contributed by atoms with Crippen molar-refractivity contribution in [3.8, 4) is 0 Å². The summed E-state index contributed by atoms with van der Waals surface area (Å²) in [6, 6.07) is 5.82. The van der Waals surface area contributed by atoms with Gasteiger partial charge in [0, 0.05) is 22.7 Å². The third-order valence-corrected chi connectivity index (χ3v) is 4.20. The Hall–Kier alpha value is -0.280. The number of nitrogens with zero attached hydrogens (tertiary/aromatic N) is 1. The zero-order valence-electron chi connectivity index (χ0n) is 10.6. The van der Waals surface area contributed by atoms with Crippen molar-refractivity contribution in [1.82, 2.24) is 4.90 Å². The van der Waals surface area contributed by atoms with E-state index in [0.717, 1.165) is 18.7 Å². The topological polar surface area (TPSA) is 23.5 Å². The van der Waals surface area contributed by atoms with Crippen molar-refractivity contribution in [1.29, 1.82) is 0 Å². The third-order valence-electron chi connectivity index (χ3n) is 3.64. The normalized spacial score (nSPS) is 20.0. The molecule has 0 aromatic heterocycles. The molecule has 2 atom stereocenters. The number of benzene rings is 1. The summed E-state index contributed by atoms with van der Waals surface area (Å²) in [4.78, 5) is 2.41. The van der Waals surface area contributed by atoms with Gasteiger partial charge in [0.25, 0.3) is 0 Å². The number of aliphatic hydroxyl groups is 1. The standard InChI is InChI=1S/C14H19Cl2NO/c1-10(9-18)14(17-6-2-3-7-17)12-5-4-11(15)8-13(12)16/h4-5,8,10,14,18H,2-3,6-7,9H2,1H3. The maximum Gasteiger partial charge on any atom is 0.0474 e. The van der Waals surface area contributed by atoms with Gasteiger partial charge in [-0.3, -0.25) is 4.90 Å². The van der Waals surface area contributed by atoms with Crippen LogP contribution in [0.4, 0.5) is 0 Å². The maximum absolute atomic E-state index is 9.48. The molecule has 2 unspecified atom stereocenters. The molecule has 0 spiro atoms. The van der Waals surface area contributed by atoms with Gasteiger partial charge >= 0.3 is 0 Å². The lowest BCUT2D eigenvalue weighted by molar-refractivity contribution is 0.126. The second kappa shape index (κ2) is 6.25. The first-order valence-electron chi connectivity index (χ1n) is 6.43. The van der Waals surface area contributed by atoms with Gasteiger partial charge < -0.3 is 5.11 Å². The molecule has 0 bridgehead atoms. The highest BCUT2D eigenvalue weighted by Crippen LogP contribution is 2.36. The molecule has 1 heterocycles. The van der Waals surface area contributed by atoms with Crippen molar-refractivity contribution in [2.75, 3.05) is 19.7 Å². The summed E-state index contributed by atoms with van der Waals surface area (Å²) in [7, 11) is 0. The molecule has 1 aromatic rings. The van der Waals surface area contributed by atoms with Crippen LogP contribution in [0.5, 0.6) is 0 Å². The molecule has 0 saturated carbocycles. The molecule has 0 aliphatic carbocycles. The largest absolute Gasteiger partial charge is 0.396 e. The summed E-state index contributed by atoms with van der Waals surface area (Å²) in [6.45, 7) is 4.38. The lowest BCUT2D eigenvalue weighted by atomic mass is 9.93. The lowest BCUT2D eigenvalue weighted by Crippen LogP contribution is -2.32. The van der Waals surface area contributed by atoms with E-state index < -0.39 is 0 Å². The average Bonchev–Trinajstić information content (AvgIpc) is 2.85. The highest BCUT2D eigenvalue weighted by molar-refractivity contribution is 6.35. The van der Waals surface area contributed by atoms with Crippen molar-refractivity contribution in [2.45, 2.75) is 25.8 Å². The highest BCUT2D eigenvalue weighted by Gasteiger charge is 2.29. The number of halogens is 2. The van der Waals surface area contributed by atoms with E-state index in [2.05, 4.69) is 11.8 Å². The predicted molar refractivity (Wildman–Crippen MR) is 76.3 cm³/mol. The second-order valence-electron chi connectivity index (χ2n) is 5.01. The SMILES string of the molecule is CC(CO)C(c1ccc(Cl)cc1Cl)N1CCCC1. The van der Waals surface area contributed by atoms with E-state index in [1.165, 1.54) is 12.8 Å². The fourth-order valence-corrected chi connectivity index (χ4v) is 3.24. The van der Waals surface area contributed by atoms with Gasteiger partial charge in [0.1, 0.15) is 0 Å². The van der Waals surface area contributed by atoms with Crippen LogP contribution in [0, 0.1) is 5.92 Å². The van der Waals surface area contributed by atoms with E-state index in [9.17, 15) is 5.11 Å². The van der Waals surface area contributed by atoms with Crippen LogP contribution >= 0.6 is 23.2 Å². The Morgan fingerprint density at radius 3 is 2.50 bits per heavy atom. The molecular formula is C14H19Cl2NO. The molecule has 0 amide bonds. The summed E-state index contributed by atoms with van der Waals surface area (Å²) < 4.78 is 0. The van der Waals surface area contributed by atoms with Gasteiger partial charge in [-0.2, -0.15) is 0 Å². The van der Waals surface area contributed by atoms with Crippen molar-refractivity contribution in [2.24, 2.45) is 5.92 Å². The van der Waals surface area contributed by atoms with Crippen molar-refractivity contribution >= 4 is 23.2 Å². The monoisotopic (exact) mass is 287 g/mol. The van der Waals surface area contributed by atoms with Gasteiger partial charge in [-0.05, 0) is 49.5 Å². The van der Waals surface area contributed by atoms with E-state index >= 15 is 0 Å². The molecule has 0 radical (unpaired) electrons. The first-order valence-corrected chi connectivity index (χ1v) is 7.19. The second-order valence-corrected chi connectivity index (χ2v) is 5.86. The molecule has 18 heavy (non-hydrogen) atoms. The Kier molecular flexibility index (Phi) is 4.91. The number of likely N-dealkylation sites (tertiary alicyclic amines) is 1. The van der Waals surface area contributed by atoms with E-state index in [4.69, 9.17) is 23.2 Å². The highest BCUT2D eigenvalue weighted by atomic mass is 35.5. The molecule has 1 N–H and O–H groups in total. The molecule has 4 heteroatoms. The summed E-state index contributed by atoms with van der Waals surface area (Å²) in [5, 5.41) is 10.8. The van der Waals surface area contributed by atoms with Gasteiger partial charge in [-0.25, -0.2) is 0 Å². The Labute approximate surface area is 119 Å². The van der Waals surface area contributed by atoms with Gasteiger partial charge in [-0.1, -0.05) is 36.2 Å². The van der Waals surface area contributed by atoms with Crippen molar-refractivity contribution in [3.05, 3.63) is 33.8 Å². The molecule has 2 nitrogen and oxygen atoms in total. The minimum atomic E-state index is 0.167. The molecule has 2 rings (SSSR count). The van der Waals surface area contributed by atoms with Crippen LogP contribution in [0.15, 0.2) is 18.2 Å². The summed E-state index contributed by atoms with van der Waals surface area (Å²) >= 11 is 12.3. The molecule has 1 aliphatic heterocycles. The van der Waals surface area contributed by atoms with Crippen LogP contribution in [0.2, 0.25) is 10.0 Å². The maximum atomic E-state index is 9.48. The zero-order valence-corrected chi connectivity index (χ0v) is 12.1. The molecule has 100 valence electrons. The zero-order chi connectivity index (χ0) is 13.1. The van der Waals surface area contributed by atoms with Crippen LogP contribution in [0.25, 0.3) is 0 Å². The first-order chi connectivity index (χ1) is 8.63. The number of rotatable bonds is 4. The van der Waals surface area contributed by atoms with E-state index in [0.29, 0.717) is 10.0 Å². The van der Waals surface area contributed by atoms with Gasteiger partial charge in [0.2, 0.25) is 0 Å². The van der Waals surface area contributed by atoms with E-state index in [1.54, 1.807) is 6.07 Å². The lowest BCUT2D eigenvalue weighted by Gasteiger charge is -2.32. The van der Waals surface area contributed by atoms with Gasteiger partial charge in [0.05, 0.1) is 0 Å². The average molecular weight is 288 g/mol. The van der Waals surface area contributed by atoms with Crippen LogP contribution in [-0.4, -0.2) is 29.7 Å². The predicted octanol–water partition coefficient (Wildman–Crippen LogP) is 3.76. The third kappa shape index (κ3) is 3.00. The minimum absolute atomic E-state index is 0.167. The van der Waals surface area contributed by atoms with Crippen LogP contribution in [-0.2, 0) is 0 Å². The number of aliphatic hydroxyl groups excluding tert-OH is 1. The van der Waals surface area contributed by atoms with Crippen LogP contribution < -0.4 is 0 Å². The van der Waals surface area contributed by atoms with E-state index in [-0.39, 0.29) is 18.6 Å². The molecular weight excluding hydrogens is 269 g/mol. The molecule has 1 aliphatic rings. The summed E-state index contributed by atoms with van der Waals surface area (Å²) in [5.74, 6) is 0.168. The van der Waals surface area contributed by atoms with Gasteiger partial charge in [0.15, 0.2) is 0 Å². The van der Waals surface area contributed by atoms with E-state index in [1.807, 2.05) is 12.1 Å². The Morgan fingerprint density at radius 2 is 1.94 bits per heavy atom. The number of hydrogen-bond acceptors (Lipinski definition) is 2. The Morgan fingerprint density at radius 1 is 1.28 bits per heavy atom.